The normalized spacial score (nSPS) is 18.6. The number of amides is 2. The summed E-state index contributed by atoms with van der Waals surface area (Å²) in [5, 5.41) is 9.43. The lowest BCUT2D eigenvalue weighted by molar-refractivity contribution is 0.243. The Morgan fingerprint density at radius 2 is 1.86 bits per heavy atom. The molecule has 0 bridgehead atoms. The number of carbonyl (C=O) groups is 1. The van der Waals surface area contributed by atoms with E-state index in [4.69, 9.17) is 4.74 Å². The maximum absolute atomic E-state index is 12.4. The van der Waals surface area contributed by atoms with Gasteiger partial charge in [0.25, 0.3) is 0 Å². The van der Waals surface area contributed by atoms with Crippen molar-refractivity contribution in [1.29, 1.82) is 0 Å². The van der Waals surface area contributed by atoms with Gasteiger partial charge < -0.3 is 25.6 Å². The molecule has 0 unspecified atom stereocenters. The van der Waals surface area contributed by atoms with Crippen molar-refractivity contribution in [2.45, 2.75) is 44.7 Å². The minimum Gasteiger partial charge on any atom is -0.497 e. The Balaban J connectivity index is 1.46. The highest BCUT2D eigenvalue weighted by Crippen LogP contribution is 2.23. The van der Waals surface area contributed by atoms with Gasteiger partial charge in [0.1, 0.15) is 11.6 Å². The van der Waals surface area contributed by atoms with Crippen molar-refractivity contribution < 1.29 is 9.53 Å². The molecule has 1 saturated carbocycles. The molecular formula is C21H30N6O2. The number of methoxy groups -OCH3 is 1. The molecule has 0 radical (unpaired) electrons. The standard InChI is InChI=1S/C21H30N6O2/c1-14-13-17(29-4)9-10-18(14)25-21(28)24-16-7-5-15(6-8-16)23-20-22-12-11-19(26-20)27(2)3/h9-13,15-16H,5-8H2,1-4H3,(H,22,23,26)(H2,24,25,28). The third-order valence-electron chi connectivity index (χ3n) is 5.18. The van der Waals surface area contributed by atoms with Crippen LogP contribution in [-0.4, -0.2) is 49.3 Å². The van der Waals surface area contributed by atoms with Crippen LogP contribution in [-0.2, 0) is 0 Å². The summed E-state index contributed by atoms with van der Waals surface area (Å²) in [7, 11) is 5.55. The van der Waals surface area contributed by atoms with Crippen LogP contribution in [0.4, 0.5) is 22.2 Å². The quantitative estimate of drug-likeness (QED) is 0.691. The number of hydrogen-bond acceptors (Lipinski definition) is 6. The summed E-state index contributed by atoms with van der Waals surface area (Å²) >= 11 is 0. The molecule has 8 heteroatoms. The summed E-state index contributed by atoms with van der Waals surface area (Å²) < 4.78 is 5.20. The van der Waals surface area contributed by atoms with Crippen LogP contribution in [0.2, 0.25) is 0 Å². The van der Waals surface area contributed by atoms with Crippen molar-refractivity contribution in [3.05, 3.63) is 36.0 Å². The zero-order valence-corrected chi connectivity index (χ0v) is 17.5. The minimum absolute atomic E-state index is 0.167. The molecule has 8 nitrogen and oxygen atoms in total. The van der Waals surface area contributed by atoms with E-state index in [1.165, 1.54) is 0 Å². The SMILES string of the molecule is COc1ccc(NC(=O)NC2CCC(Nc3nccc(N(C)C)n3)CC2)c(C)c1. The first-order valence-electron chi connectivity index (χ1n) is 9.93. The van der Waals surface area contributed by atoms with E-state index in [0.717, 1.165) is 48.5 Å². The van der Waals surface area contributed by atoms with Crippen molar-refractivity contribution in [2.75, 3.05) is 36.7 Å². The van der Waals surface area contributed by atoms with E-state index < -0.39 is 0 Å². The Morgan fingerprint density at radius 1 is 1.14 bits per heavy atom. The lowest BCUT2D eigenvalue weighted by Gasteiger charge is -2.29. The first-order chi connectivity index (χ1) is 13.9. The minimum atomic E-state index is -0.170. The third-order valence-corrected chi connectivity index (χ3v) is 5.18. The summed E-state index contributed by atoms with van der Waals surface area (Å²) in [5.74, 6) is 2.31. The lowest BCUT2D eigenvalue weighted by Crippen LogP contribution is -2.42. The molecule has 1 aromatic carbocycles. The topological polar surface area (TPSA) is 91.4 Å². The number of aromatic nitrogens is 2. The summed E-state index contributed by atoms with van der Waals surface area (Å²) in [6.45, 7) is 1.95. The van der Waals surface area contributed by atoms with Crippen LogP contribution < -0.4 is 25.6 Å². The number of anilines is 3. The van der Waals surface area contributed by atoms with Gasteiger partial charge in [0.15, 0.2) is 0 Å². The highest BCUT2D eigenvalue weighted by Gasteiger charge is 2.23. The van der Waals surface area contributed by atoms with Crippen LogP contribution in [0, 0.1) is 6.92 Å². The maximum Gasteiger partial charge on any atom is 0.319 e. The van der Waals surface area contributed by atoms with Crippen molar-refractivity contribution >= 4 is 23.5 Å². The van der Waals surface area contributed by atoms with Gasteiger partial charge in [-0.25, -0.2) is 9.78 Å². The van der Waals surface area contributed by atoms with Gasteiger partial charge in [-0.3, -0.25) is 0 Å². The van der Waals surface area contributed by atoms with Gasteiger partial charge in [0, 0.05) is 38.1 Å². The molecule has 1 heterocycles. The molecule has 29 heavy (non-hydrogen) atoms. The second-order valence-corrected chi connectivity index (χ2v) is 7.61. The van der Waals surface area contributed by atoms with Gasteiger partial charge in [0.2, 0.25) is 5.95 Å². The van der Waals surface area contributed by atoms with Crippen LogP contribution in [0.15, 0.2) is 30.5 Å². The predicted molar refractivity (Wildman–Crippen MR) is 116 cm³/mol. The van der Waals surface area contributed by atoms with E-state index in [1.54, 1.807) is 13.3 Å². The Labute approximate surface area is 172 Å². The Kier molecular flexibility index (Phi) is 6.74. The molecule has 0 aliphatic heterocycles. The van der Waals surface area contributed by atoms with E-state index in [0.29, 0.717) is 12.0 Å². The van der Waals surface area contributed by atoms with Gasteiger partial charge in [-0.15, -0.1) is 0 Å². The van der Waals surface area contributed by atoms with E-state index in [2.05, 4.69) is 25.9 Å². The van der Waals surface area contributed by atoms with Crippen molar-refractivity contribution in [3.8, 4) is 5.75 Å². The number of urea groups is 1. The van der Waals surface area contributed by atoms with Crippen LogP contribution >= 0.6 is 0 Å². The number of nitrogens with zero attached hydrogens (tertiary/aromatic N) is 3. The molecule has 3 rings (SSSR count). The zero-order chi connectivity index (χ0) is 20.8. The number of rotatable bonds is 6. The second kappa shape index (κ2) is 9.45. The van der Waals surface area contributed by atoms with Gasteiger partial charge in [-0.1, -0.05) is 0 Å². The van der Waals surface area contributed by atoms with Gasteiger partial charge in [0.05, 0.1) is 7.11 Å². The fourth-order valence-corrected chi connectivity index (χ4v) is 3.48. The van der Waals surface area contributed by atoms with Crippen LogP contribution in [0.25, 0.3) is 0 Å². The first kappa shape index (κ1) is 20.7. The maximum atomic E-state index is 12.4. The average Bonchev–Trinajstić information content (AvgIpc) is 2.71. The predicted octanol–water partition coefficient (Wildman–Crippen LogP) is 3.40. The molecule has 1 aliphatic rings. The lowest BCUT2D eigenvalue weighted by atomic mass is 9.91. The molecular weight excluding hydrogens is 368 g/mol. The number of aryl methyl sites for hydroxylation is 1. The number of hydrogen-bond donors (Lipinski definition) is 3. The molecule has 0 saturated heterocycles. The monoisotopic (exact) mass is 398 g/mol. The van der Waals surface area contributed by atoms with Gasteiger partial charge >= 0.3 is 6.03 Å². The fraction of sp³-hybridized carbons (Fsp3) is 0.476. The van der Waals surface area contributed by atoms with Gasteiger partial charge in [-0.2, -0.15) is 4.98 Å². The first-order valence-corrected chi connectivity index (χ1v) is 9.93. The molecule has 1 fully saturated rings. The number of carbonyl (C=O) groups excluding carboxylic acids is 1. The molecule has 2 amide bonds. The highest BCUT2D eigenvalue weighted by atomic mass is 16.5. The fourth-order valence-electron chi connectivity index (χ4n) is 3.48. The van der Waals surface area contributed by atoms with Crippen LogP contribution in [0.5, 0.6) is 5.75 Å². The van der Waals surface area contributed by atoms with E-state index >= 15 is 0 Å². The summed E-state index contributed by atoms with van der Waals surface area (Å²) in [6.07, 6.45) is 5.52. The smallest absolute Gasteiger partial charge is 0.319 e. The molecule has 0 spiro atoms. The highest BCUT2D eigenvalue weighted by molar-refractivity contribution is 5.90. The zero-order valence-electron chi connectivity index (χ0n) is 17.5. The Hall–Kier alpha value is -3.03. The number of nitrogens with one attached hydrogen (secondary N) is 3. The Bertz CT molecular complexity index is 834. The molecule has 1 aliphatic carbocycles. The van der Waals surface area contributed by atoms with Crippen molar-refractivity contribution in [1.82, 2.24) is 15.3 Å². The molecule has 2 aromatic rings. The van der Waals surface area contributed by atoms with Crippen molar-refractivity contribution in [3.63, 3.8) is 0 Å². The molecule has 156 valence electrons. The van der Waals surface area contributed by atoms with E-state index in [1.807, 2.05) is 50.2 Å². The summed E-state index contributed by atoms with van der Waals surface area (Å²) in [4.78, 5) is 23.2. The number of ether oxygens (including phenoxy) is 1. The van der Waals surface area contributed by atoms with Gasteiger partial charge in [-0.05, 0) is 62.4 Å². The van der Waals surface area contributed by atoms with Crippen LogP contribution in [0.1, 0.15) is 31.2 Å². The third kappa shape index (κ3) is 5.73. The Morgan fingerprint density at radius 3 is 2.52 bits per heavy atom. The molecule has 1 aromatic heterocycles. The molecule has 0 atom stereocenters. The largest absolute Gasteiger partial charge is 0.497 e. The van der Waals surface area contributed by atoms with Crippen LogP contribution in [0.3, 0.4) is 0 Å². The number of benzene rings is 1. The van der Waals surface area contributed by atoms with E-state index in [-0.39, 0.29) is 12.1 Å². The summed E-state index contributed by atoms with van der Waals surface area (Å²) in [6, 6.07) is 7.80. The second-order valence-electron chi connectivity index (χ2n) is 7.61. The molecule has 3 N–H and O–H groups in total. The van der Waals surface area contributed by atoms with E-state index in [9.17, 15) is 4.79 Å². The average molecular weight is 399 g/mol. The van der Waals surface area contributed by atoms with Crippen molar-refractivity contribution in [2.24, 2.45) is 0 Å². The summed E-state index contributed by atoms with van der Waals surface area (Å²) in [5.41, 5.74) is 1.75.